The summed E-state index contributed by atoms with van der Waals surface area (Å²) in [5.74, 6) is 0. The van der Waals surface area contributed by atoms with Crippen molar-refractivity contribution in [2.75, 3.05) is 13.6 Å². The highest BCUT2D eigenvalue weighted by molar-refractivity contribution is 9.11. The van der Waals surface area contributed by atoms with Crippen LogP contribution in [0.2, 0.25) is 0 Å². The molecule has 1 fully saturated rings. The van der Waals surface area contributed by atoms with Gasteiger partial charge < -0.3 is 14.6 Å². The first-order valence-electron chi connectivity index (χ1n) is 7.32. The van der Waals surface area contributed by atoms with Crippen LogP contribution in [0.15, 0.2) is 32.6 Å². The average molecular weight is 431 g/mol. The highest BCUT2D eigenvalue weighted by Gasteiger charge is 2.52. The molecule has 1 aliphatic rings. The molecule has 0 radical (unpaired) electrons. The van der Waals surface area contributed by atoms with Crippen LogP contribution in [0.3, 0.4) is 0 Å². The van der Waals surface area contributed by atoms with Crippen molar-refractivity contribution >= 4 is 45.1 Å². The Hall–Kier alpha value is -0.135. The lowest BCUT2D eigenvalue weighted by atomic mass is 9.77. The molecule has 0 spiro atoms. The van der Waals surface area contributed by atoms with Gasteiger partial charge >= 0.3 is 7.12 Å². The van der Waals surface area contributed by atoms with Crippen LogP contribution in [0.5, 0.6) is 0 Å². The fourth-order valence-electron chi connectivity index (χ4n) is 2.23. The van der Waals surface area contributed by atoms with E-state index in [2.05, 4.69) is 77.0 Å². The summed E-state index contributed by atoms with van der Waals surface area (Å²) < 4.78 is 14.4. The molecule has 2 rings (SSSR count). The molecule has 1 aliphatic heterocycles. The number of nitrogens with one attached hydrogen (secondary N) is 1. The van der Waals surface area contributed by atoms with Crippen LogP contribution in [0.4, 0.5) is 0 Å². The molecule has 1 aromatic carbocycles. The molecule has 0 amide bonds. The second-order valence-electron chi connectivity index (χ2n) is 6.50. The Balaban J connectivity index is 2.35. The van der Waals surface area contributed by atoms with Gasteiger partial charge in [0.2, 0.25) is 0 Å². The van der Waals surface area contributed by atoms with Gasteiger partial charge in [-0.1, -0.05) is 37.9 Å². The molecule has 0 saturated carbocycles. The molecule has 3 nitrogen and oxygen atoms in total. The summed E-state index contributed by atoms with van der Waals surface area (Å²) >= 11 is 7.11. The van der Waals surface area contributed by atoms with Gasteiger partial charge in [-0.25, -0.2) is 0 Å². The van der Waals surface area contributed by atoms with Crippen LogP contribution in [0, 0.1) is 0 Å². The van der Waals surface area contributed by atoms with E-state index in [4.69, 9.17) is 9.31 Å². The maximum atomic E-state index is 6.16. The number of hydrogen-bond acceptors (Lipinski definition) is 3. The van der Waals surface area contributed by atoms with Gasteiger partial charge in [-0.05, 0) is 64.0 Å². The fraction of sp³-hybridized carbons (Fsp3) is 0.500. The van der Waals surface area contributed by atoms with E-state index in [1.807, 2.05) is 19.2 Å². The molecule has 0 unspecified atom stereocenters. The lowest BCUT2D eigenvalue weighted by molar-refractivity contribution is 0.00578. The van der Waals surface area contributed by atoms with Crippen molar-refractivity contribution in [2.24, 2.45) is 0 Å². The standard InChI is InChI=1S/C16H22BBr2NO2/c1-15(2)16(3,4)22-17(21-15)12(10-20-5)8-11-9-13(18)6-7-14(11)19/h6-9,20H,10H2,1-5H3. The van der Waals surface area contributed by atoms with Crippen LogP contribution in [0.25, 0.3) is 6.08 Å². The first kappa shape index (κ1) is 18.2. The summed E-state index contributed by atoms with van der Waals surface area (Å²) in [5.41, 5.74) is 1.49. The van der Waals surface area contributed by atoms with Crippen molar-refractivity contribution in [3.05, 3.63) is 38.2 Å². The SMILES string of the molecule is CNCC(=Cc1cc(Br)ccc1Br)B1OC(C)(C)C(C)(C)O1. The van der Waals surface area contributed by atoms with Gasteiger partial charge in [-0.15, -0.1) is 0 Å². The van der Waals surface area contributed by atoms with E-state index < -0.39 is 0 Å². The van der Waals surface area contributed by atoms with Gasteiger partial charge in [0.25, 0.3) is 0 Å². The Kier molecular flexibility index (Phi) is 5.61. The Morgan fingerprint density at radius 1 is 1.18 bits per heavy atom. The highest BCUT2D eigenvalue weighted by Crippen LogP contribution is 2.39. The normalized spacial score (nSPS) is 20.5. The number of halogens is 2. The minimum atomic E-state index is -0.344. The van der Waals surface area contributed by atoms with Crippen molar-refractivity contribution in [2.45, 2.75) is 38.9 Å². The smallest absolute Gasteiger partial charge is 0.400 e. The molecule has 0 atom stereocenters. The predicted octanol–water partition coefficient (Wildman–Crippen LogP) is 4.45. The van der Waals surface area contributed by atoms with E-state index in [9.17, 15) is 0 Å². The van der Waals surface area contributed by atoms with Gasteiger partial charge in [0.1, 0.15) is 0 Å². The van der Waals surface area contributed by atoms with Crippen LogP contribution in [0.1, 0.15) is 33.3 Å². The van der Waals surface area contributed by atoms with Crippen molar-refractivity contribution in [3.8, 4) is 0 Å². The Labute approximate surface area is 150 Å². The van der Waals surface area contributed by atoms with Crippen molar-refractivity contribution < 1.29 is 9.31 Å². The van der Waals surface area contributed by atoms with Crippen molar-refractivity contribution in [1.82, 2.24) is 5.32 Å². The Bertz CT molecular complexity index is 572. The third-order valence-corrected chi connectivity index (χ3v) is 5.45. The first-order valence-corrected chi connectivity index (χ1v) is 8.90. The minimum Gasteiger partial charge on any atom is -0.400 e. The Morgan fingerprint density at radius 2 is 1.77 bits per heavy atom. The molecule has 22 heavy (non-hydrogen) atoms. The van der Waals surface area contributed by atoms with Crippen molar-refractivity contribution in [3.63, 3.8) is 0 Å². The molecular formula is C16H22BBr2NO2. The fourth-order valence-corrected chi connectivity index (χ4v) is 2.97. The number of hydrogen-bond donors (Lipinski definition) is 1. The summed E-state index contributed by atoms with van der Waals surface area (Å²) in [5, 5.41) is 3.20. The molecule has 0 bridgehead atoms. The maximum absolute atomic E-state index is 6.16. The second kappa shape index (κ2) is 6.77. The third-order valence-electron chi connectivity index (χ3n) is 4.24. The molecule has 0 aliphatic carbocycles. The van der Waals surface area contributed by atoms with E-state index in [1.165, 1.54) is 0 Å². The van der Waals surface area contributed by atoms with Crippen molar-refractivity contribution in [1.29, 1.82) is 0 Å². The Morgan fingerprint density at radius 3 is 2.32 bits per heavy atom. The number of benzene rings is 1. The zero-order chi connectivity index (χ0) is 16.5. The van der Waals surface area contributed by atoms with Crippen LogP contribution in [-0.4, -0.2) is 31.9 Å². The van der Waals surface area contributed by atoms with E-state index >= 15 is 0 Å². The first-order chi connectivity index (χ1) is 10.2. The number of rotatable bonds is 4. The molecule has 1 aromatic rings. The van der Waals surface area contributed by atoms with E-state index in [0.29, 0.717) is 6.54 Å². The second-order valence-corrected chi connectivity index (χ2v) is 8.27. The van der Waals surface area contributed by atoms with Crippen LogP contribution in [-0.2, 0) is 9.31 Å². The third kappa shape index (κ3) is 3.85. The summed E-state index contributed by atoms with van der Waals surface area (Å²) in [6.07, 6.45) is 2.12. The monoisotopic (exact) mass is 429 g/mol. The van der Waals surface area contributed by atoms with Gasteiger partial charge in [0, 0.05) is 15.5 Å². The quantitative estimate of drug-likeness (QED) is 0.716. The zero-order valence-corrected chi connectivity index (χ0v) is 16.8. The minimum absolute atomic E-state index is 0.334. The highest BCUT2D eigenvalue weighted by atomic mass is 79.9. The maximum Gasteiger partial charge on any atom is 0.491 e. The van der Waals surface area contributed by atoms with E-state index in [-0.39, 0.29) is 18.3 Å². The number of likely N-dealkylation sites (N-methyl/N-ethyl adjacent to an activating group) is 1. The van der Waals surface area contributed by atoms with E-state index in [0.717, 1.165) is 20.0 Å². The molecule has 1 N–H and O–H groups in total. The topological polar surface area (TPSA) is 30.5 Å². The van der Waals surface area contributed by atoms with Crippen LogP contribution >= 0.6 is 31.9 Å². The largest absolute Gasteiger partial charge is 0.491 e. The van der Waals surface area contributed by atoms with Gasteiger partial charge in [-0.3, -0.25) is 0 Å². The lowest BCUT2D eigenvalue weighted by Gasteiger charge is -2.32. The molecular weight excluding hydrogens is 409 g/mol. The molecule has 0 aromatic heterocycles. The zero-order valence-electron chi connectivity index (χ0n) is 13.7. The van der Waals surface area contributed by atoms with Gasteiger partial charge in [0.05, 0.1) is 11.2 Å². The summed E-state index contributed by atoms with van der Waals surface area (Å²) in [6, 6.07) is 6.11. The summed E-state index contributed by atoms with van der Waals surface area (Å²) in [4.78, 5) is 0. The predicted molar refractivity (Wildman–Crippen MR) is 99.8 cm³/mol. The summed E-state index contributed by atoms with van der Waals surface area (Å²) in [6.45, 7) is 8.98. The van der Waals surface area contributed by atoms with Crippen LogP contribution < -0.4 is 5.32 Å². The molecule has 120 valence electrons. The van der Waals surface area contributed by atoms with E-state index in [1.54, 1.807) is 0 Å². The summed E-state index contributed by atoms with van der Waals surface area (Å²) in [7, 11) is 1.58. The molecule has 1 heterocycles. The molecule has 6 heteroatoms. The van der Waals surface area contributed by atoms with Gasteiger partial charge in [-0.2, -0.15) is 0 Å². The van der Waals surface area contributed by atoms with Gasteiger partial charge in [0.15, 0.2) is 0 Å². The average Bonchev–Trinajstić information content (AvgIpc) is 2.62. The lowest BCUT2D eigenvalue weighted by Crippen LogP contribution is -2.41. The molecule has 1 saturated heterocycles.